The SMILES string of the molecule is CCC1CC(C(=O)NCCNC(=O)CCOC(C)C)C[C@@H](O[C@@H]2OC(CO)[C@H](O)C(O[C@@H](CC3CCCCC3)C(=O)O)C2NC(C)=O)C1OC1O[C@H](C)[C@H](O)C(O)[C@@H]1O. The fourth-order valence-electron chi connectivity index (χ4n) is 8.58. The first-order valence-corrected chi connectivity index (χ1v) is 21.3. The zero-order chi connectivity index (χ0) is 43.4. The zero-order valence-corrected chi connectivity index (χ0v) is 35.0. The van der Waals surface area contributed by atoms with E-state index in [0.29, 0.717) is 12.8 Å². The van der Waals surface area contributed by atoms with Crippen LogP contribution in [-0.4, -0.2) is 166 Å². The van der Waals surface area contributed by atoms with Crippen molar-refractivity contribution in [2.75, 3.05) is 26.3 Å². The summed E-state index contributed by atoms with van der Waals surface area (Å²) in [5, 5.41) is 72.2. The molecule has 2 saturated heterocycles. The second-order valence-electron chi connectivity index (χ2n) is 16.7. The molecule has 340 valence electrons. The standard InChI is InChI=1S/C40H69N3O16/c1-6-24-17-25(37(51)42-14-13-41-29(46)12-15-54-20(2)3)18-26(35(24)59-40-34(50)33(49)31(47)21(4)55-40)57-39-30(43-22(5)45)36(32(48)28(19-44)58-39)56-27(38(52)53)16-23-10-8-7-9-11-23/h20-21,23-28,30-36,39-40,44,47-50H,6-19H2,1-5H3,(H,41,46)(H,42,51)(H,43,45)(H,52,53)/t21-,24?,25?,26-,27+,28?,30?,31+,32+,33?,34+,35?,36?,39-,40?/m1/s1. The largest absolute Gasteiger partial charge is 0.479 e. The molecular formula is C40H69N3O16. The Morgan fingerprint density at radius 1 is 0.847 bits per heavy atom. The topological polar surface area (TPSA) is 281 Å². The molecule has 2 saturated carbocycles. The van der Waals surface area contributed by atoms with Crippen molar-refractivity contribution in [3.63, 3.8) is 0 Å². The van der Waals surface area contributed by atoms with Crippen LogP contribution in [0, 0.1) is 17.8 Å². The van der Waals surface area contributed by atoms with Gasteiger partial charge in [-0.25, -0.2) is 4.79 Å². The summed E-state index contributed by atoms with van der Waals surface area (Å²) in [5.41, 5.74) is 0. The highest BCUT2D eigenvalue weighted by atomic mass is 16.7. The van der Waals surface area contributed by atoms with E-state index in [9.17, 15) is 49.8 Å². The summed E-state index contributed by atoms with van der Waals surface area (Å²) < 4.78 is 36.5. The van der Waals surface area contributed by atoms with Gasteiger partial charge in [-0.1, -0.05) is 45.4 Å². The van der Waals surface area contributed by atoms with Gasteiger partial charge in [-0.15, -0.1) is 0 Å². The van der Waals surface area contributed by atoms with Gasteiger partial charge in [0.15, 0.2) is 18.7 Å². The van der Waals surface area contributed by atoms with Crippen LogP contribution in [0.5, 0.6) is 0 Å². The van der Waals surface area contributed by atoms with Gasteiger partial charge < -0.3 is 75.0 Å². The maximum atomic E-state index is 13.7. The third-order valence-electron chi connectivity index (χ3n) is 11.9. The summed E-state index contributed by atoms with van der Waals surface area (Å²) in [6.07, 6.45) is -10.5. The molecule has 4 aliphatic rings. The average molecular weight is 848 g/mol. The van der Waals surface area contributed by atoms with Crippen LogP contribution < -0.4 is 16.0 Å². The molecule has 15 atom stereocenters. The fraction of sp³-hybridized carbons (Fsp3) is 0.900. The monoisotopic (exact) mass is 847 g/mol. The number of ether oxygens (including phenoxy) is 6. The molecule has 0 bridgehead atoms. The van der Waals surface area contributed by atoms with Crippen molar-refractivity contribution in [2.24, 2.45) is 17.8 Å². The lowest BCUT2D eigenvalue weighted by atomic mass is 9.75. The number of nitrogens with one attached hydrogen (secondary N) is 3. The number of aliphatic hydroxyl groups is 5. The summed E-state index contributed by atoms with van der Waals surface area (Å²) in [7, 11) is 0. The molecule has 4 fully saturated rings. The van der Waals surface area contributed by atoms with E-state index in [2.05, 4.69) is 16.0 Å². The third kappa shape index (κ3) is 14.0. The molecule has 2 aliphatic carbocycles. The summed E-state index contributed by atoms with van der Waals surface area (Å²) in [4.78, 5) is 51.2. The molecular weight excluding hydrogens is 778 g/mol. The molecule has 19 heteroatoms. The second-order valence-corrected chi connectivity index (χ2v) is 16.7. The van der Waals surface area contributed by atoms with Crippen molar-refractivity contribution in [3.8, 4) is 0 Å². The first kappa shape index (κ1) is 49.1. The average Bonchev–Trinajstić information content (AvgIpc) is 3.19. The third-order valence-corrected chi connectivity index (χ3v) is 11.9. The lowest BCUT2D eigenvalue weighted by Crippen LogP contribution is -2.67. The van der Waals surface area contributed by atoms with Crippen LogP contribution >= 0.6 is 0 Å². The molecule has 0 aromatic carbocycles. The molecule has 2 heterocycles. The normalized spacial score (nSPS) is 36.1. The van der Waals surface area contributed by atoms with Crippen LogP contribution in [0.3, 0.4) is 0 Å². The van der Waals surface area contributed by atoms with Crippen LogP contribution in [0.1, 0.15) is 98.8 Å². The Morgan fingerprint density at radius 2 is 1.54 bits per heavy atom. The highest BCUT2D eigenvalue weighted by Crippen LogP contribution is 2.40. The number of aliphatic carboxylic acids is 1. The maximum Gasteiger partial charge on any atom is 0.332 e. The van der Waals surface area contributed by atoms with Gasteiger partial charge in [0.1, 0.15) is 42.7 Å². The Hall–Kier alpha value is -2.56. The number of aliphatic hydroxyl groups excluding tert-OH is 5. The lowest BCUT2D eigenvalue weighted by molar-refractivity contribution is -0.338. The second kappa shape index (κ2) is 23.6. The van der Waals surface area contributed by atoms with Gasteiger partial charge in [0.25, 0.3) is 0 Å². The summed E-state index contributed by atoms with van der Waals surface area (Å²) in [6.45, 7) is 8.19. The number of carboxylic acid groups (broad SMARTS) is 1. The zero-order valence-electron chi connectivity index (χ0n) is 35.0. The maximum absolute atomic E-state index is 13.7. The van der Waals surface area contributed by atoms with Crippen molar-refractivity contribution in [1.29, 1.82) is 0 Å². The summed E-state index contributed by atoms with van der Waals surface area (Å²) in [6, 6.07) is -1.31. The van der Waals surface area contributed by atoms with Gasteiger partial charge in [0.2, 0.25) is 17.7 Å². The summed E-state index contributed by atoms with van der Waals surface area (Å²) in [5.74, 6) is -3.42. The minimum atomic E-state index is -1.66. The number of hydrogen-bond donors (Lipinski definition) is 9. The molecule has 0 aromatic heterocycles. The molecule has 19 nitrogen and oxygen atoms in total. The van der Waals surface area contributed by atoms with Crippen LogP contribution in [0.15, 0.2) is 0 Å². The Morgan fingerprint density at radius 3 is 2.17 bits per heavy atom. The van der Waals surface area contributed by atoms with Gasteiger partial charge >= 0.3 is 5.97 Å². The van der Waals surface area contributed by atoms with E-state index < -0.39 is 110 Å². The Bertz CT molecular complexity index is 1340. The number of carbonyl (C=O) groups is 4. The Labute approximate surface area is 346 Å². The Kier molecular flexibility index (Phi) is 19.6. The van der Waals surface area contributed by atoms with Crippen molar-refractivity contribution >= 4 is 23.7 Å². The molecule has 9 N–H and O–H groups in total. The molecule has 0 aromatic rings. The van der Waals surface area contributed by atoms with Gasteiger partial charge in [-0.2, -0.15) is 0 Å². The van der Waals surface area contributed by atoms with Crippen LogP contribution in [0.4, 0.5) is 0 Å². The van der Waals surface area contributed by atoms with Crippen molar-refractivity contribution in [1.82, 2.24) is 16.0 Å². The van der Waals surface area contributed by atoms with Gasteiger partial charge in [0, 0.05) is 32.4 Å². The molecule has 3 amide bonds. The van der Waals surface area contributed by atoms with Crippen LogP contribution in [-0.2, 0) is 47.6 Å². The van der Waals surface area contributed by atoms with Crippen molar-refractivity contribution < 1.29 is 78.2 Å². The number of amides is 3. The van der Waals surface area contributed by atoms with E-state index in [4.69, 9.17) is 28.4 Å². The molecule has 8 unspecified atom stereocenters. The highest BCUT2D eigenvalue weighted by Gasteiger charge is 2.53. The smallest absolute Gasteiger partial charge is 0.332 e. The number of hydrogen-bond acceptors (Lipinski definition) is 15. The van der Waals surface area contributed by atoms with E-state index in [1.807, 2.05) is 20.8 Å². The first-order valence-electron chi connectivity index (χ1n) is 21.3. The number of carboxylic acids is 1. The lowest BCUT2D eigenvalue weighted by Gasteiger charge is -2.49. The molecule has 2 aliphatic heterocycles. The number of carbonyl (C=O) groups excluding carboxylic acids is 3. The van der Waals surface area contributed by atoms with E-state index in [-0.39, 0.29) is 62.8 Å². The number of rotatable bonds is 20. The van der Waals surface area contributed by atoms with Gasteiger partial charge in [-0.3, -0.25) is 14.4 Å². The Balaban J connectivity index is 1.59. The molecule has 4 rings (SSSR count). The quantitative estimate of drug-likeness (QED) is 0.0696. The fourth-order valence-corrected chi connectivity index (χ4v) is 8.58. The van der Waals surface area contributed by atoms with E-state index >= 15 is 0 Å². The van der Waals surface area contributed by atoms with Crippen LogP contribution in [0.25, 0.3) is 0 Å². The van der Waals surface area contributed by atoms with E-state index in [1.54, 1.807) is 0 Å². The first-order chi connectivity index (χ1) is 28.0. The van der Waals surface area contributed by atoms with Crippen molar-refractivity contribution in [2.45, 2.75) is 185 Å². The van der Waals surface area contributed by atoms with E-state index in [1.165, 1.54) is 13.8 Å². The minimum absolute atomic E-state index is 0.000596. The summed E-state index contributed by atoms with van der Waals surface area (Å²) >= 11 is 0. The predicted octanol–water partition coefficient (Wildman–Crippen LogP) is -0.540. The van der Waals surface area contributed by atoms with Crippen molar-refractivity contribution in [3.05, 3.63) is 0 Å². The minimum Gasteiger partial charge on any atom is -0.479 e. The predicted molar refractivity (Wildman–Crippen MR) is 207 cm³/mol. The molecule has 0 radical (unpaired) electrons. The van der Waals surface area contributed by atoms with Gasteiger partial charge in [0.05, 0.1) is 37.6 Å². The van der Waals surface area contributed by atoms with E-state index in [0.717, 1.165) is 32.1 Å². The van der Waals surface area contributed by atoms with Crippen LogP contribution in [0.2, 0.25) is 0 Å². The molecule has 0 spiro atoms. The van der Waals surface area contributed by atoms with Gasteiger partial charge in [-0.05, 0) is 51.9 Å². The highest BCUT2D eigenvalue weighted by molar-refractivity contribution is 5.79. The molecule has 59 heavy (non-hydrogen) atoms.